The number of carboxylic acids is 1. The minimum absolute atomic E-state index is 0.0453. The van der Waals surface area contributed by atoms with Gasteiger partial charge in [0.05, 0.1) is 11.4 Å². The van der Waals surface area contributed by atoms with E-state index in [1.165, 1.54) is 17.4 Å². The second-order valence-corrected chi connectivity index (χ2v) is 5.17. The molecule has 5 heteroatoms. The summed E-state index contributed by atoms with van der Waals surface area (Å²) in [6.45, 7) is 1.86. The number of halogens is 1. The minimum atomic E-state index is -0.882. The molecule has 0 bridgehead atoms. The summed E-state index contributed by atoms with van der Waals surface area (Å²) in [6, 6.07) is 3.03. The molecule has 1 aromatic heterocycles. The van der Waals surface area contributed by atoms with Gasteiger partial charge >= 0.3 is 5.97 Å². The zero-order valence-corrected chi connectivity index (χ0v) is 10.0. The van der Waals surface area contributed by atoms with Crippen LogP contribution < -0.4 is 0 Å². The topological polar surface area (TPSA) is 57.5 Å². The van der Waals surface area contributed by atoms with Gasteiger partial charge in [0.15, 0.2) is 0 Å². The minimum Gasteiger partial charge on any atom is -0.508 e. The lowest BCUT2D eigenvalue weighted by Crippen LogP contribution is -2.00. The van der Waals surface area contributed by atoms with E-state index in [1.807, 2.05) is 6.92 Å². The summed E-state index contributed by atoms with van der Waals surface area (Å²) in [4.78, 5) is 11.7. The summed E-state index contributed by atoms with van der Waals surface area (Å²) < 4.78 is 0.818. The highest BCUT2D eigenvalue weighted by Crippen LogP contribution is 2.38. The van der Waals surface area contributed by atoms with E-state index in [4.69, 9.17) is 16.7 Å². The van der Waals surface area contributed by atoms with E-state index in [9.17, 15) is 9.90 Å². The molecule has 0 fully saturated rings. The van der Waals surface area contributed by atoms with E-state index in [2.05, 4.69) is 0 Å². The van der Waals surface area contributed by atoms with Crippen molar-refractivity contribution in [3.8, 4) is 5.75 Å². The second-order valence-electron chi connectivity index (χ2n) is 3.51. The van der Waals surface area contributed by atoms with Crippen molar-refractivity contribution in [1.82, 2.24) is 0 Å². The molecule has 0 radical (unpaired) electrons. The number of phenols is 1. The molecule has 0 saturated heterocycles. The van der Waals surface area contributed by atoms with Gasteiger partial charge in [0.1, 0.15) is 5.75 Å². The molecule has 0 aliphatic rings. The van der Waals surface area contributed by atoms with Gasteiger partial charge in [0.25, 0.3) is 0 Å². The first-order valence-electron chi connectivity index (χ1n) is 4.61. The summed E-state index contributed by atoms with van der Waals surface area (Å²) in [6.07, 6.45) is -0.0453. The van der Waals surface area contributed by atoms with Gasteiger partial charge in [-0.3, -0.25) is 4.79 Å². The van der Waals surface area contributed by atoms with Crippen molar-refractivity contribution in [2.24, 2.45) is 0 Å². The largest absolute Gasteiger partial charge is 0.508 e. The molecule has 2 aromatic rings. The van der Waals surface area contributed by atoms with Gasteiger partial charge in [0.2, 0.25) is 0 Å². The summed E-state index contributed by atoms with van der Waals surface area (Å²) in [5.74, 6) is -0.785. The van der Waals surface area contributed by atoms with E-state index < -0.39 is 5.97 Å². The fourth-order valence-corrected chi connectivity index (χ4v) is 3.23. The first kappa shape index (κ1) is 11.2. The molecule has 0 unspecified atom stereocenters. The van der Waals surface area contributed by atoms with Crippen LogP contribution in [0.2, 0.25) is 5.02 Å². The van der Waals surface area contributed by atoms with Crippen molar-refractivity contribution in [2.45, 2.75) is 13.3 Å². The Labute approximate surface area is 101 Å². The molecule has 1 aromatic carbocycles. The molecule has 0 aliphatic carbocycles. The van der Waals surface area contributed by atoms with Crippen LogP contribution in [0.15, 0.2) is 12.1 Å². The molecule has 1 heterocycles. The molecule has 0 spiro atoms. The van der Waals surface area contributed by atoms with Crippen LogP contribution in [0.25, 0.3) is 10.1 Å². The third kappa shape index (κ3) is 1.86. The van der Waals surface area contributed by atoms with Crippen LogP contribution in [0.4, 0.5) is 0 Å². The van der Waals surface area contributed by atoms with E-state index in [0.29, 0.717) is 5.02 Å². The second kappa shape index (κ2) is 3.96. The third-order valence-corrected chi connectivity index (χ3v) is 3.75. The van der Waals surface area contributed by atoms with Crippen molar-refractivity contribution in [3.63, 3.8) is 0 Å². The molecule has 3 nitrogen and oxygen atoms in total. The Morgan fingerprint density at radius 2 is 2.19 bits per heavy atom. The monoisotopic (exact) mass is 256 g/mol. The predicted octanol–water partition coefficient (Wildman–Crippen LogP) is 3.20. The smallest absolute Gasteiger partial charge is 0.307 e. The Bertz CT molecular complexity index is 574. The number of fused-ring (bicyclic) bond motifs is 1. The van der Waals surface area contributed by atoms with Gasteiger partial charge in [-0.15, -0.1) is 11.3 Å². The molecule has 84 valence electrons. The summed E-state index contributed by atoms with van der Waals surface area (Å²) in [7, 11) is 0. The van der Waals surface area contributed by atoms with Gasteiger partial charge in [-0.05, 0) is 24.6 Å². The SMILES string of the molecule is Cc1sc2cc(O)cc(Cl)c2c1CC(=O)O. The fraction of sp³-hybridized carbons (Fsp3) is 0.182. The normalized spacial score (nSPS) is 10.9. The van der Waals surface area contributed by atoms with Gasteiger partial charge in [-0.25, -0.2) is 0 Å². The lowest BCUT2D eigenvalue weighted by molar-refractivity contribution is -0.136. The molecule has 16 heavy (non-hydrogen) atoms. The van der Waals surface area contributed by atoms with E-state index >= 15 is 0 Å². The van der Waals surface area contributed by atoms with E-state index in [-0.39, 0.29) is 12.2 Å². The maximum absolute atomic E-state index is 10.8. The predicted molar refractivity (Wildman–Crippen MR) is 64.6 cm³/mol. The highest BCUT2D eigenvalue weighted by Gasteiger charge is 2.15. The number of hydrogen-bond donors (Lipinski definition) is 2. The van der Waals surface area contributed by atoms with Crippen LogP contribution in [0.1, 0.15) is 10.4 Å². The van der Waals surface area contributed by atoms with Crippen LogP contribution in [-0.2, 0) is 11.2 Å². The highest BCUT2D eigenvalue weighted by atomic mass is 35.5. The number of aromatic hydroxyl groups is 1. The van der Waals surface area contributed by atoms with Crippen LogP contribution in [0.5, 0.6) is 5.75 Å². The summed E-state index contributed by atoms with van der Waals surface area (Å²) >= 11 is 7.46. The highest BCUT2D eigenvalue weighted by molar-refractivity contribution is 7.19. The third-order valence-electron chi connectivity index (χ3n) is 2.36. The average molecular weight is 257 g/mol. The average Bonchev–Trinajstić information content (AvgIpc) is 2.41. The number of hydrogen-bond acceptors (Lipinski definition) is 3. The Morgan fingerprint density at radius 3 is 2.81 bits per heavy atom. The number of phenolic OH excluding ortho intramolecular Hbond substituents is 1. The number of carboxylic acid groups (broad SMARTS) is 1. The van der Waals surface area contributed by atoms with Crippen molar-refractivity contribution in [3.05, 3.63) is 27.6 Å². The molecule has 0 aliphatic heterocycles. The summed E-state index contributed by atoms with van der Waals surface area (Å²) in [5, 5.41) is 19.4. The van der Waals surface area contributed by atoms with Gasteiger partial charge in [0, 0.05) is 15.0 Å². The van der Waals surface area contributed by atoms with E-state index in [0.717, 1.165) is 20.5 Å². The molecular weight excluding hydrogens is 248 g/mol. The molecule has 0 atom stereocenters. The Balaban J connectivity index is 2.73. The molecule has 0 amide bonds. The zero-order chi connectivity index (χ0) is 11.9. The number of rotatable bonds is 2. The quantitative estimate of drug-likeness (QED) is 0.868. The number of thiophene rings is 1. The van der Waals surface area contributed by atoms with Crippen LogP contribution in [0.3, 0.4) is 0 Å². The Hall–Kier alpha value is -1.26. The lowest BCUT2D eigenvalue weighted by Gasteiger charge is -2.00. The molecule has 2 N–H and O–H groups in total. The van der Waals surface area contributed by atoms with Crippen molar-refractivity contribution in [2.75, 3.05) is 0 Å². The first-order chi connectivity index (χ1) is 7.49. The number of aryl methyl sites for hydroxylation is 1. The van der Waals surface area contributed by atoms with Crippen molar-refractivity contribution < 1.29 is 15.0 Å². The maximum Gasteiger partial charge on any atom is 0.307 e. The fourth-order valence-electron chi connectivity index (χ4n) is 1.71. The Kier molecular flexibility index (Phi) is 2.78. The van der Waals surface area contributed by atoms with E-state index in [1.54, 1.807) is 6.07 Å². The van der Waals surface area contributed by atoms with Crippen molar-refractivity contribution >= 4 is 39.0 Å². The molecular formula is C11H9ClO3S. The van der Waals surface area contributed by atoms with Crippen LogP contribution in [-0.4, -0.2) is 16.2 Å². The number of benzene rings is 1. The molecule has 0 saturated carbocycles. The lowest BCUT2D eigenvalue weighted by atomic mass is 10.1. The number of aliphatic carboxylic acids is 1. The Morgan fingerprint density at radius 1 is 1.50 bits per heavy atom. The zero-order valence-electron chi connectivity index (χ0n) is 8.45. The van der Waals surface area contributed by atoms with Gasteiger partial charge in [-0.1, -0.05) is 11.6 Å². The number of carbonyl (C=O) groups is 1. The maximum atomic E-state index is 10.8. The van der Waals surface area contributed by atoms with Crippen LogP contribution >= 0.6 is 22.9 Å². The standard InChI is InChI=1S/C11H9ClO3S/c1-5-7(4-10(14)15)11-8(12)2-6(13)3-9(11)16-5/h2-3,13H,4H2,1H3,(H,14,15). The van der Waals surface area contributed by atoms with Gasteiger partial charge < -0.3 is 10.2 Å². The summed E-state index contributed by atoms with van der Waals surface area (Å²) in [5.41, 5.74) is 0.734. The van der Waals surface area contributed by atoms with Crippen molar-refractivity contribution in [1.29, 1.82) is 0 Å². The van der Waals surface area contributed by atoms with Crippen LogP contribution in [0, 0.1) is 6.92 Å². The van der Waals surface area contributed by atoms with Gasteiger partial charge in [-0.2, -0.15) is 0 Å². The first-order valence-corrected chi connectivity index (χ1v) is 5.80. The molecule has 2 rings (SSSR count).